The van der Waals surface area contributed by atoms with Crippen LogP contribution in [0.25, 0.3) is 10.9 Å². The molecular weight excluding hydrogens is 420 g/mol. The van der Waals surface area contributed by atoms with E-state index in [9.17, 15) is 18.3 Å². The van der Waals surface area contributed by atoms with Crippen LogP contribution < -0.4 is 4.74 Å². The highest BCUT2D eigenvalue weighted by molar-refractivity contribution is 7.89. The van der Waals surface area contributed by atoms with E-state index in [1.165, 1.54) is 16.6 Å². The van der Waals surface area contributed by atoms with E-state index in [4.69, 9.17) is 4.74 Å². The van der Waals surface area contributed by atoms with Gasteiger partial charge in [0, 0.05) is 24.5 Å². The van der Waals surface area contributed by atoms with Gasteiger partial charge in [0.2, 0.25) is 15.9 Å². The lowest BCUT2D eigenvalue weighted by Crippen LogP contribution is -2.29. The normalized spacial score (nSPS) is 19.7. The summed E-state index contributed by atoms with van der Waals surface area (Å²) in [5.74, 6) is -0.586. The van der Waals surface area contributed by atoms with Gasteiger partial charge in [-0.25, -0.2) is 13.4 Å². The van der Waals surface area contributed by atoms with Crippen LogP contribution in [-0.4, -0.2) is 58.3 Å². The summed E-state index contributed by atoms with van der Waals surface area (Å²) in [6.45, 7) is 4.84. The minimum Gasteiger partial charge on any atom is -0.481 e. The van der Waals surface area contributed by atoms with E-state index in [0.717, 1.165) is 10.9 Å². The number of hydrogen-bond acceptors (Lipinski definition) is 6. The van der Waals surface area contributed by atoms with Gasteiger partial charge in [-0.3, -0.25) is 9.48 Å². The molecule has 0 amide bonds. The number of hydrogen-bond donors (Lipinski definition) is 1. The quantitative estimate of drug-likeness (QED) is 0.595. The number of aromatic nitrogens is 3. The van der Waals surface area contributed by atoms with Crippen molar-refractivity contribution in [3.8, 4) is 5.88 Å². The number of aliphatic carboxylic acids is 1. The third-order valence-corrected chi connectivity index (χ3v) is 7.32. The van der Waals surface area contributed by atoms with Crippen molar-refractivity contribution in [1.29, 1.82) is 0 Å². The molecule has 31 heavy (non-hydrogen) atoms. The number of carboxylic acid groups (broad SMARTS) is 1. The van der Waals surface area contributed by atoms with Crippen LogP contribution in [0.4, 0.5) is 0 Å². The molecule has 1 aromatic carbocycles. The lowest BCUT2D eigenvalue weighted by Gasteiger charge is -2.17. The first-order valence-electron chi connectivity index (χ1n) is 10.1. The Balaban J connectivity index is 1.64. The van der Waals surface area contributed by atoms with E-state index in [0.29, 0.717) is 24.7 Å². The molecule has 2 atom stereocenters. The highest BCUT2D eigenvalue weighted by atomic mass is 32.2. The molecule has 3 heterocycles. The standard InChI is InChI=1S/C21H24N4O5S/c1-3-30-20-9-8-15(11-22-20)31(28,29)24-12-14(2)19(13-24)25-18-7-5-4-6-16(18)17(23-25)10-21(26)27/h4-9,11,14,19H,3,10,12-13H2,1-2H3,(H,26,27)/t14-,19+/m1/s1. The molecule has 1 aliphatic heterocycles. The van der Waals surface area contributed by atoms with Crippen molar-refractivity contribution >= 4 is 26.9 Å². The molecule has 0 aliphatic carbocycles. The summed E-state index contributed by atoms with van der Waals surface area (Å²) < 4.78 is 34.9. The number of carbonyl (C=O) groups is 1. The first kappa shape index (κ1) is 21.3. The van der Waals surface area contributed by atoms with E-state index in [1.807, 2.05) is 38.1 Å². The Labute approximate surface area is 180 Å². The Kier molecular flexibility index (Phi) is 5.67. The summed E-state index contributed by atoms with van der Waals surface area (Å²) in [6, 6.07) is 10.3. The van der Waals surface area contributed by atoms with Gasteiger partial charge in [0.1, 0.15) is 4.90 Å². The van der Waals surface area contributed by atoms with Crippen molar-refractivity contribution in [3.05, 3.63) is 48.3 Å². The predicted molar refractivity (Wildman–Crippen MR) is 113 cm³/mol. The molecule has 1 fully saturated rings. The first-order valence-corrected chi connectivity index (χ1v) is 11.5. The first-order chi connectivity index (χ1) is 14.8. The number of pyridine rings is 1. The molecule has 3 aromatic rings. The van der Waals surface area contributed by atoms with Crippen LogP contribution in [0.1, 0.15) is 25.6 Å². The van der Waals surface area contributed by atoms with Gasteiger partial charge in [-0.2, -0.15) is 9.40 Å². The Morgan fingerprint density at radius 2 is 2.00 bits per heavy atom. The van der Waals surface area contributed by atoms with E-state index in [1.54, 1.807) is 10.7 Å². The number of benzene rings is 1. The van der Waals surface area contributed by atoms with Crippen LogP contribution in [0, 0.1) is 5.92 Å². The Hall–Kier alpha value is -2.98. The van der Waals surface area contributed by atoms with E-state index in [2.05, 4.69) is 10.1 Å². The van der Waals surface area contributed by atoms with E-state index >= 15 is 0 Å². The summed E-state index contributed by atoms with van der Waals surface area (Å²) in [6.07, 6.45) is 1.13. The van der Waals surface area contributed by atoms with Crippen molar-refractivity contribution in [2.75, 3.05) is 19.7 Å². The van der Waals surface area contributed by atoms with Crippen molar-refractivity contribution in [2.45, 2.75) is 31.2 Å². The summed E-state index contributed by atoms with van der Waals surface area (Å²) in [5, 5.41) is 14.6. The lowest BCUT2D eigenvalue weighted by atomic mass is 10.1. The molecule has 2 aromatic heterocycles. The molecule has 0 bridgehead atoms. The van der Waals surface area contributed by atoms with Gasteiger partial charge in [-0.05, 0) is 25.0 Å². The van der Waals surface area contributed by atoms with Gasteiger partial charge in [-0.1, -0.05) is 25.1 Å². The van der Waals surface area contributed by atoms with Crippen molar-refractivity contribution in [1.82, 2.24) is 19.1 Å². The Morgan fingerprint density at radius 3 is 2.68 bits per heavy atom. The minimum atomic E-state index is -3.73. The number of fused-ring (bicyclic) bond motifs is 1. The largest absolute Gasteiger partial charge is 0.481 e. The second-order valence-corrected chi connectivity index (χ2v) is 9.55. The van der Waals surface area contributed by atoms with Gasteiger partial charge in [0.15, 0.2) is 0 Å². The molecule has 1 saturated heterocycles. The number of ether oxygens (including phenoxy) is 1. The summed E-state index contributed by atoms with van der Waals surface area (Å²) in [5.41, 5.74) is 1.28. The van der Waals surface area contributed by atoms with Crippen LogP contribution >= 0.6 is 0 Å². The van der Waals surface area contributed by atoms with E-state index in [-0.39, 0.29) is 29.8 Å². The van der Waals surface area contributed by atoms with E-state index < -0.39 is 16.0 Å². The molecule has 4 rings (SSSR count). The molecular formula is C21H24N4O5S. The van der Waals surface area contributed by atoms with Crippen LogP contribution in [0.2, 0.25) is 0 Å². The number of sulfonamides is 1. The third kappa shape index (κ3) is 4.00. The lowest BCUT2D eigenvalue weighted by molar-refractivity contribution is -0.136. The second kappa shape index (κ2) is 8.27. The fourth-order valence-corrected chi connectivity index (χ4v) is 5.51. The molecule has 10 heteroatoms. The fraction of sp³-hybridized carbons (Fsp3) is 0.381. The van der Waals surface area contributed by atoms with Crippen molar-refractivity contribution < 1.29 is 23.1 Å². The Morgan fingerprint density at radius 1 is 1.23 bits per heavy atom. The SMILES string of the molecule is CCOc1ccc(S(=O)(=O)N2C[C@@H](C)[C@@H](n3nc(CC(=O)O)c4ccccc43)C2)cn1. The molecule has 0 radical (unpaired) electrons. The molecule has 0 spiro atoms. The predicted octanol–water partition coefficient (Wildman–Crippen LogP) is 2.34. The monoisotopic (exact) mass is 444 g/mol. The zero-order chi connectivity index (χ0) is 22.2. The van der Waals surface area contributed by atoms with Crippen molar-refractivity contribution in [3.63, 3.8) is 0 Å². The van der Waals surface area contributed by atoms with Gasteiger partial charge >= 0.3 is 5.97 Å². The van der Waals surface area contributed by atoms with Gasteiger partial charge in [0.05, 0.1) is 36.5 Å². The number of nitrogens with zero attached hydrogens (tertiary/aromatic N) is 4. The maximum absolute atomic E-state index is 13.2. The number of para-hydroxylation sites is 1. The highest BCUT2D eigenvalue weighted by Crippen LogP contribution is 2.34. The second-order valence-electron chi connectivity index (χ2n) is 7.61. The van der Waals surface area contributed by atoms with Crippen molar-refractivity contribution in [2.24, 2.45) is 5.92 Å². The zero-order valence-electron chi connectivity index (χ0n) is 17.3. The van der Waals surface area contributed by atoms with Gasteiger partial charge < -0.3 is 9.84 Å². The average molecular weight is 445 g/mol. The number of rotatable bonds is 7. The highest BCUT2D eigenvalue weighted by Gasteiger charge is 2.39. The molecule has 164 valence electrons. The summed E-state index contributed by atoms with van der Waals surface area (Å²) in [4.78, 5) is 15.4. The fourth-order valence-electron chi connectivity index (χ4n) is 4.00. The summed E-state index contributed by atoms with van der Waals surface area (Å²) >= 11 is 0. The van der Waals surface area contributed by atoms with Crippen LogP contribution in [0.5, 0.6) is 5.88 Å². The Bertz CT molecular complexity index is 1210. The smallest absolute Gasteiger partial charge is 0.309 e. The average Bonchev–Trinajstić information content (AvgIpc) is 3.29. The minimum absolute atomic E-state index is 0.00795. The molecule has 1 N–H and O–H groups in total. The maximum atomic E-state index is 13.2. The summed E-state index contributed by atoms with van der Waals surface area (Å²) in [7, 11) is -3.73. The topological polar surface area (TPSA) is 115 Å². The van der Waals surface area contributed by atoms with Crippen LogP contribution in [0.15, 0.2) is 47.5 Å². The number of carboxylic acids is 1. The van der Waals surface area contributed by atoms with Gasteiger partial charge in [-0.15, -0.1) is 0 Å². The maximum Gasteiger partial charge on any atom is 0.309 e. The molecule has 0 saturated carbocycles. The third-order valence-electron chi connectivity index (χ3n) is 5.50. The molecule has 9 nitrogen and oxygen atoms in total. The molecule has 1 aliphatic rings. The van der Waals surface area contributed by atoms with Crippen LogP contribution in [0.3, 0.4) is 0 Å². The zero-order valence-corrected chi connectivity index (χ0v) is 18.1. The molecule has 0 unspecified atom stereocenters. The van der Waals surface area contributed by atoms with Crippen LogP contribution in [-0.2, 0) is 21.2 Å². The van der Waals surface area contributed by atoms with Gasteiger partial charge in [0.25, 0.3) is 0 Å².